The molecule has 4 aromatic rings. The highest BCUT2D eigenvalue weighted by Gasteiger charge is 2.15. The molecule has 1 heterocycles. The second kappa shape index (κ2) is 8.40. The van der Waals surface area contributed by atoms with Gasteiger partial charge in [0.05, 0.1) is 17.1 Å². The fraction of sp³-hybridized carbons (Fsp3) is 0.286. The molecule has 0 saturated heterocycles. The van der Waals surface area contributed by atoms with Crippen LogP contribution in [-0.4, -0.2) is 9.78 Å². The minimum atomic E-state index is 0.401. The lowest BCUT2D eigenvalue weighted by atomic mass is 9.89. The molecule has 0 unspecified atom stereocenters. The van der Waals surface area contributed by atoms with Crippen LogP contribution in [-0.2, 0) is 19.9 Å². The topological polar surface area (TPSA) is 41.6 Å². The Balaban J connectivity index is 1.94. The van der Waals surface area contributed by atoms with Crippen LogP contribution in [0.2, 0.25) is 0 Å². The molecule has 0 bridgehead atoms. The van der Waals surface area contributed by atoms with Crippen molar-refractivity contribution in [1.29, 1.82) is 5.26 Å². The zero-order chi connectivity index (χ0) is 22.1. The van der Waals surface area contributed by atoms with Crippen LogP contribution < -0.4 is 0 Å². The molecule has 0 aliphatic rings. The number of fused-ring (bicyclic) bond motifs is 1. The van der Waals surface area contributed by atoms with Crippen LogP contribution in [0.5, 0.6) is 0 Å². The summed E-state index contributed by atoms with van der Waals surface area (Å²) in [4.78, 5) is 0. The van der Waals surface area contributed by atoms with Crippen molar-refractivity contribution in [2.75, 3.05) is 0 Å². The molecule has 0 saturated carbocycles. The van der Waals surface area contributed by atoms with Crippen molar-refractivity contribution >= 4 is 10.9 Å². The first-order chi connectivity index (χ1) is 15.0. The van der Waals surface area contributed by atoms with Gasteiger partial charge in [-0.25, -0.2) is 0 Å². The Morgan fingerprint density at radius 3 is 2.32 bits per heavy atom. The van der Waals surface area contributed by atoms with Gasteiger partial charge in [-0.2, -0.15) is 10.4 Å². The van der Waals surface area contributed by atoms with Gasteiger partial charge < -0.3 is 0 Å². The normalized spacial score (nSPS) is 11.3. The van der Waals surface area contributed by atoms with Gasteiger partial charge >= 0.3 is 0 Å². The molecular formula is C28H29N3. The molecule has 3 aromatic carbocycles. The molecule has 0 spiro atoms. The summed E-state index contributed by atoms with van der Waals surface area (Å²) in [6.07, 6.45) is 1.84. The van der Waals surface area contributed by atoms with Gasteiger partial charge in [-0.05, 0) is 76.4 Å². The van der Waals surface area contributed by atoms with Crippen molar-refractivity contribution in [3.63, 3.8) is 0 Å². The summed E-state index contributed by atoms with van der Waals surface area (Å²) in [5.74, 6) is 0.401. The number of aromatic nitrogens is 2. The molecule has 31 heavy (non-hydrogen) atoms. The summed E-state index contributed by atoms with van der Waals surface area (Å²) >= 11 is 0. The van der Waals surface area contributed by atoms with Crippen LogP contribution in [0.3, 0.4) is 0 Å². The lowest BCUT2D eigenvalue weighted by molar-refractivity contribution is 0.677. The maximum absolute atomic E-state index is 9.44. The maximum Gasteiger partial charge on any atom is 0.0994 e. The van der Waals surface area contributed by atoms with E-state index in [4.69, 9.17) is 5.10 Å². The second-order valence-corrected chi connectivity index (χ2v) is 8.47. The van der Waals surface area contributed by atoms with Gasteiger partial charge in [-0.15, -0.1) is 0 Å². The number of nitriles is 1. The highest BCUT2D eigenvalue weighted by Crippen LogP contribution is 2.36. The molecule has 0 atom stereocenters. The van der Waals surface area contributed by atoms with Crippen LogP contribution in [0.25, 0.3) is 33.2 Å². The smallest absolute Gasteiger partial charge is 0.0994 e. The Morgan fingerprint density at radius 1 is 0.903 bits per heavy atom. The molecular weight excluding hydrogens is 378 g/mol. The molecule has 0 fully saturated rings. The predicted molar refractivity (Wildman–Crippen MR) is 129 cm³/mol. The second-order valence-electron chi connectivity index (χ2n) is 8.47. The van der Waals surface area contributed by atoms with Crippen LogP contribution in [0.15, 0.2) is 54.6 Å². The highest BCUT2D eigenvalue weighted by molar-refractivity contribution is 5.91. The molecule has 4 rings (SSSR count). The van der Waals surface area contributed by atoms with Gasteiger partial charge in [0.1, 0.15) is 0 Å². The number of aryl methyl sites for hydroxylation is 3. The average Bonchev–Trinajstić information content (AvgIpc) is 3.13. The minimum absolute atomic E-state index is 0.401. The molecule has 0 aliphatic carbocycles. The van der Waals surface area contributed by atoms with Gasteiger partial charge in [0.25, 0.3) is 0 Å². The molecule has 0 amide bonds. The first-order valence-electron chi connectivity index (χ1n) is 11.1. The molecule has 3 heteroatoms. The first-order valence-corrected chi connectivity index (χ1v) is 11.1. The lowest BCUT2D eigenvalue weighted by Crippen LogP contribution is -1.99. The fourth-order valence-electron chi connectivity index (χ4n) is 4.54. The molecule has 3 nitrogen and oxygen atoms in total. The van der Waals surface area contributed by atoms with E-state index in [9.17, 15) is 5.26 Å². The van der Waals surface area contributed by atoms with E-state index in [-0.39, 0.29) is 0 Å². The molecule has 0 radical (unpaired) electrons. The Bertz CT molecular complexity index is 1300. The van der Waals surface area contributed by atoms with Crippen molar-refractivity contribution < 1.29 is 0 Å². The minimum Gasteiger partial charge on any atom is -0.271 e. The van der Waals surface area contributed by atoms with Crippen LogP contribution in [0.4, 0.5) is 0 Å². The zero-order valence-electron chi connectivity index (χ0n) is 19.0. The van der Waals surface area contributed by atoms with Crippen molar-refractivity contribution in [3.05, 3.63) is 77.0 Å². The third kappa shape index (κ3) is 3.75. The number of hydrogen-bond acceptors (Lipinski definition) is 2. The van der Waals surface area contributed by atoms with E-state index < -0.39 is 0 Å². The van der Waals surface area contributed by atoms with E-state index in [1.165, 1.54) is 33.3 Å². The number of nitrogens with zero attached hydrogens (tertiary/aromatic N) is 3. The average molecular weight is 408 g/mol. The summed E-state index contributed by atoms with van der Waals surface area (Å²) in [5.41, 5.74) is 10.3. The third-order valence-electron chi connectivity index (χ3n) is 6.15. The maximum atomic E-state index is 9.44. The van der Waals surface area contributed by atoms with Gasteiger partial charge in [0, 0.05) is 18.1 Å². The monoisotopic (exact) mass is 407 g/mol. The first kappa shape index (κ1) is 20.9. The van der Waals surface area contributed by atoms with Crippen LogP contribution in [0, 0.1) is 11.3 Å². The van der Waals surface area contributed by atoms with Crippen molar-refractivity contribution in [2.24, 2.45) is 7.05 Å². The number of rotatable bonds is 5. The molecule has 156 valence electrons. The largest absolute Gasteiger partial charge is 0.271 e. The van der Waals surface area contributed by atoms with Crippen LogP contribution >= 0.6 is 0 Å². The van der Waals surface area contributed by atoms with Gasteiger partial charge in [-0.3, -0.25) is 4.68 Å². The molecule has 1 aromatic heterocycles. The van der Waals surface area contributed by atoms with Crippen molar-refractivity contribution in [2.45, 2.75) is 46.5 Å². The lowest BCUT2D eigenvalue weighted by Gasteiger charge is -2.14. The van der Waals surface area contributed by atoms with Crippen molar-refractivity contribution in [1.82, 2.24) is 9.78 Å². The van der Waals surface area contributed by atoms with E-state index in [0.717, 1.165) is 35.0 Å². The van der Waals surface area contributed by atoms with E-state index in [0.29, 0.717) is 5.92 Å². The van der Waals surface area contributed by atoms with E-state index in [1.54, 1.807) is 0 Å². The Kier molecular flexibility index (Phi) is 5.65. The summed E-state index contributed by atoms with van der Waals surface area (Å²) in [6, 6.07) is 21.9. The Labute approximate surface area is 185 Å². The quantitative estimate of drug-likeness (QED) is 0.356. The standard InChI is InChI=1S/C28H29N3/c1-6-19-8-12-24(25(14-19)21-9-10-23(17-29)20(7-2)15-21)22-11-13-27-26(16-22)28(18(3)4)31(5)30-27/h8-16,18H,6-7H2,1-5H3. The Hall–Kier alpha value is -3.38. The van der Waals surface area contributed by atoms with Gasteiger partial charge in [0.2, 0.25) is 0 Å². The van der Waals surface area contributed by atoms with Crippen LogP contribution in [0.1, 0.15) is 56.0 Å². The van der Waals surface area contributed by atoms with E-state index >= 15 is 0 Å². The van der Waals surface area contributed by atoms with Crippen molar-refractivity contribution in [3.8, 4) is 28.3 Å². The van der Waals surface area contributed by atoms with Gasteiger partial charge in [0.15, 0.2) is 0 Å². The zero-order valence-corrected chi connectivity index (χ0v) is 19.0. The highest BCUT2D eigenvalue weighted by atomic mass is 15.3. The number of hydrogen-bond donors (Lipinski definition) is 0. The Morgan fingerprint density at radius 2 is 1.65 bits per heavy atom. The molecule has 0 aliphatic heterocycles. The third-order valence-corrected chi connectivity index (χ3v) is 6.15. The predicted octanol–water partition coefficient (Wildman–Crippen LogP) is 7.03. The summed E-state index contributed by atoms with van der Waals surface area (Å²) in [6.45, 7) is 8.72. The SMILES string of the molecule is CCc1ccc(-c2ccc3nn(C)c(C(C)C)c3c2)c(-c2ccc(C#N)c(CC)c2)c1. The summed E-state index contributed by atoms with van der Waals surface area (Å²) in [7, 11) is 2.03. The van der Waals surface area contributed by atoms with E-state index in [2.05, 4.69) is 82.3 Å². The van der Waals surface area contributed by atoms with E-state index in [1.807, 2.05) is 17.8 Å². The number of benzene rings is 3. The fourth-order valence-corrected chi connectivity index (χ4v) is 4.54. The summed E-state index contributed by atoms with van der Waals surface area (Å²) in [5, 5.41) is 15.4. The molecule has 0 N–H and O–H groups in total. The summed E-state index contributed by atoms with van der Waals surface area (Å²) < 4.78 is 2.01. The van der Waals surface area contributed by atoms with Gasteiger partial charge in [-0.1, -0.05) is 58.0 Å².